The van der Waals surface area contributed by atoms with Crippen LogP contribution in [0.15, 0.2) is 71.0 Å². The quantitative estimate of drug-likeness (QED) is 0.649. The Labute approximate surface area is 165 Å². The molecule has 28 heavy (non-hydrogen) atoms. The molecule has 140 valence electrons. The second-order valence-corrected chi connectivity index (χ2v) is 6.53. The van der Waals surface area contributed by atoms with Crippen molar-refractivity contribution < 1.29 is 18.7 Å². The zero-order chi connectivity index (χ0) is 19.5. The monoisotopic (exact) mass is 394 g/mol. The highest BCUT2D eigenvalue weighted by atomic mass is 35.5. The van der Waals surface area contributed by atoms with Gasteiger partial charge in [-0.15, -0.1) is 0 Å². The molecule has 2 N–H and O–H groups in total. The van der Waals surface area contributed by atoms with Crippen molar-refractivity contribution in [1.29, 1.82) is 0 Å². The number of rotatable bonds is 4. The molecule has 2 heterocycles. The van der Waals surface area contributed by atoms with E-state index < -0.39 is 5.91 Å². The molecule has 0 bridgehead atoms. The van der Waals surface area contributed by atoms with Gasteiger partial charge in [-0.25, -0.2) is 0 Å². The summed E-state index contributed by atoms with van der Waals surface area (Å²) < 4.78 is 10.9. The predicted octanol–water partition coefficient (Wildman–Crippen LogP) is 4.24. The summed E-state index contributed by atoms with van der Waals surface area (Å²) in [5.41, 5.74) is 1.62. The van der Waals surface area contributed by atoms with Gasteiger partial charge in [0.2, 0.25) is 0 Å². The second kappa shape index (κ2) is 7.62. The van der Waals surface area contributed by atoms with E-state index in [9.17, 15) is 9.59 Å². The molecular weight excluding hydrogens is 380 g/mol. The van der Waals surface area contributed by atoms with Crippen LogP contribution in [0.5, 0.6) is 5.75 Å². The summed E-state index contributed by atoms with van der Waals surface area (Å²) in [4.78, 5) is 24.7. The van der Waals surface area contributed by atoms with Gasteiger partial charge in [-0.2, -0.15) is 0 Å². The molecule has 0 saturated carbocycles. The van der Waals surface area contributed by atoms with Gasteiger partial charge in [0.05, 0.1) is 18.5 Å². The molecule has 0 aliphatic carbocycles. The van der Waals surface area contributed by atoms with Crippen LogP contribution < -0.4 is 15.4 Å². The Bertz CT molecular complexity index is 1060. The Kier molecular flexibility index (Phi) is 4.87. The molecular formula is C21H15ClN2O4. The molecule has 0 fully saturated rings. The fraction of sp³-hybridized carbons (Fsp3) is 0.0476. The van der Waals surface area contributed by atoms with E-state index in [1.54, 1.807) is 66.9 Å². The summed E-state index contributed by atoms with van der Waals surface area (Å²) in [6.07, 6.45) is 3.17. The summed E-state index contributed by atoms with van der Waals surface area (Å²) in [6, 6.07) is 15.4. The molecule has 6 nitrogen and oxygen atoms in total. The first-order chi connectivity index (χ1) is 13.6. The first-order valence-electron chi connectivity index (χ1n) is 8.49. The van der Waals surface area contributed by atoms with Crippen molar-refractivity contribution >= 4 is 35.2 Å². The molecule has 0 saturated heterocycles. The largest absolute Gasteiger partial charge is 0.467 e. The van der Waals surface area contributed by atoms with Crippen molar-refractivity contribution in [2.45, 2.75) is 6.54 Å². The van der Waals surface area contributed by atoms with Crippen LogP contribution in [-0.4, -0.2) is 11.8 Å². The number of hydrogen-bond acceptors (Lipinski definition) is 4. The van der Waals surface area contributed by atoms with E-state index in [0.717, 1.165) is 5.56 Å². The smallest absolute Gasteiger partial charge is 0.291 e. The van der Waals surface area contributed by atoms with E-state index in [1.165, 1.54) is 0 Å². The van der Waals surface area contributed by atoms with E-state index in [0.29, 0.717) is 27.8 Å². The van der Waals surface area contributed by atoms with Crippen LogP contribution >= 0.6 is 11.6 Å². The Morgan fingerprint density at radius 3 is 2.71 bits per heavy atom. The van der Waals surface area contributed by atoms with Gasteiger partial charge < -0.3 is 19.8 Å². The number of hydrogen-bond donors (Lipinski definition) is 2. The molecule has 1 aromatic heterocycles. The average Bonchev–Trinajstić information content (AvgIpc) is 3.21. The molecule has 2 amide bonds. The Hall–Kier alpha value is -3.51. The number of furan rings is 1. The van der Waals surface area contributed by atoms with E-state index >= 15 is 0 Å². The average molecular weight is 395 g/mol. The summed E-state index contributed by atoms with van der Waals surface area (Å²) in [6.45, 7) is 0.278. The SMILES string of the molecule is O=C1Nc2cc(C(=O)NCc3ccco3)ccc2OC1=Cc1ccc(Cl)cc1. The zero-order valence-electron chi connectivity index (χ0n) is 14.6. The van der Waals surface area contributed by atoms with Crippen LogP contribution in [0.25, 0.3) is 6.08 Å². The molecule has 1 aliphatic heterocycles. The molecule has 0 unspecified atom stereocenters. The van der Waals surface area contributed by atoms with Gasteiger partial charge in [0.15, 0.2) is 11.5 Å². The van der Waals surface area contributed by atoms with Crippen molar-refractivity contribution in [3.05, 3.63) is 88.5 Å². The van der Waals surface area contributed by atoms with Gasteiger partial charge in [0, 0.05) is 10.6 Å². The number of anilines is 1. The van der Waals surface area contributed by atoms with Crippen LogP contribution in [-0.2, 0) is 11.3 Å². The Morgan fingerprint density at radius 2 is 1.96 bits per heavy atom. The normalized spacial score (nSPS) is 14.2. The van der Waals surface area contributed by atoms with E-state index in [4.69, 9.17) is 20.8 Å². The van der Waals surface area contributed by atoms with Crippen LogP contribution in [0, 0.1) is 0 Å². The molecule has 3 aromatic rings. The van der Waals surface area contributed by atoms with Gasteiger partial charge >= 0.3 is 0 Å². The van der Waals surface area contributed by atoms with Crippen molar-refractivity contribution in [1.82, 2.24) is 5.32 Å². The Morgan fingerprint density at radius 1 is 1.14 bits per heavy atom. The number of amides is 2. The predicted molar refractivity (Wildman–Crippen MR) is 105 cm³/mol. The van der Waals surface area contributed by atoms with Crippen LogP contribution in [0.3, 0.4) is 0 Å². The standard InChI is InChI=1S/C21H15ClN2O4/c22-15-6-3-13(4-7-15)10-19-21(26)24-17-11-14(5-8-18(17)28-19)20(25)23-12-16-2-1-9-27-16/h1-11H,12H2,(H,23,25)(H,24,26). The minimum atomic E-state index is -0.393. The summed E-state index contributed by atoms with van der Waals surface area (Å²) in [5, 5.41) is 6.12. The van der Waals surface area contributed by atoms with E-state index in [1.807, 2.05) is 0 Å². The van der Waals surface area contributed by atoms with E-state index in [-0.39, 0.29) is 18.2 Å². The molecule has 4 rings (SSSR count). The van der Waals surface area contributed by atoms with Gasteiger partial charge in [0.1, 0.15) is 5.76 Å². The summed E-state index contributed by atoms with van der Waals surface area (Å²) in [7, 11) is 0. The number of nitrogens with one attached hydrogen (secondary N) is 2. The summed E-state index contributed by atoms with van der Waals surface area (Å²) in [5.74, 6) is 0.596. The highest BCUT2D eigenvalue weighted by Crippen LogP contribution is 2.32. The highest BCUT2D eigenvalue weighted by molar-refractivity contribution is 6.30. The lowest BCUT2D eigenvalue weighted by molar-refractivity contribution is -0.115. The van der Waals surface area contributed by atoms with E-state index in [2.05, 4.69) is 10.6 Å². The van der Waals surface area contributed by atoms with Crippen LogP contribution in [0.1, 0.15) is 21.7 Å². The maximum atomic E-state index is 12.3. The Balaban J connectivity index is 1.50. The summed E-state index contributed by atoms with van der Waals surface area (Å²) >= 11 is 5.87. The third-order valence-corrected chi connectivity index (χ3v) is 4.36. The molecule has 0 spiro atoms. The number of carbonyl (C=O) groups excluding carboxylic acids is 2. The van der Waals surface area contributed by atoms with Crippen molar-refractivity contribution in [3.63, 3.8) is 0 Å². The number of fused-ring (bicyclic) bond motifs is 1. The van der Waals surface area contributed by atoms with Crippen molar-refractivity contribution in [2.24, 2.45) is 0 Å². The second-order valence-electron chi connectivity index (χ2n) is 6.09. The van der Waals surface area contributed by atoms with Crippen LogP contribution in [0.4, 0.5) is 5.69 Å². The fourth-order valence-corrected chi connectivity index (χ4v) is 2.82. The van der Waals surface area contributed by atoms with Gasteiger partial charge in [0.25, 0.3) is 11.8 Å². The topological polar surface area (TPSA) is 80.6 Å². The van der Waals surface area contributed by atoms with Gasteiger partial charge in [-0.3, -0.25) is 9.59 Å². The fourth-order valence-electron chi connectivity index (χ4n) is 2.69. The minimum absolute atomic E-state index is 0.157. The van der Waals surface area contributed by atoms with Crippen molar-refractivity contribution in [2.75, 3.05) is 5.32 Å². The minimum Gasteiger partial charge on any atom is -0.467 e. The number of halogens is 1. The molecule has 0 atom stereocenters. The molecule has 2 aromatic carbocycles. The molecule has 7 heteroatoms. The third kappa shape index (κ3) is 3.92. The lowest BCUT2D eigenvalue weighted by atomic mass is 10.1. The van der Waals surface area contributed by atoms with Gasteiger partial charge in [-0.1, -0.05) is 23.7 Å². The number of ether oxygens (including phenoxy) is 1. The molecule has 1 aliphatic rings. The lowest BCUT2D eigenvalue weighted by Gasteiger charge is -2.20. The highest BCUT2D eigenvalue weighted by Gasteiger charge is 2.23. The maximum absolute atomic E-state index is 12.3. The number of benzene rings is 2. The van der Waals surface area contributed by atoms with Gasteiger partial charge in [-0.05, 0) is 54.1 Å². The van der Waals surface area contributed by atoms with Crippen molar-refractivity contribution in [3.8, 4) is 5.75 Å². The maximum Gasteiger partial charge on any atom is 0.291 e. The first-order valence-corrected chi connectivity index (χ1v) is 8.87. The third-order valence-electron chi connectivity index (χ3n) is 4.10. The lowest BCUT2D eigenvalue weighted by Crippen LogP contribution is -2.25. The number of carbonyl (C=O) groups is 2. The van der Waals surface area contributed by atoms with Crippen LogP contribution in [0.2, 0.25) is 5.02 Å². The zero-order valence-corrected chi connectivity index (χ0v) is 15.3. The first kappa shape index (κ1) is 17.9. The molecule has 0 radical (unpaired) electrons.